The molecule has 5 heteroatoms. The topological polar surface area (TPSA) is 49.9 Å². The van der Waals surface area contributed by atoms with Gasteiger partial charge in [0.15, 0.2) is 0 Å². The first-order valence-electron chi connectivity index (χ1n) is 12.6. The van der Waals surface area contributed by atoms with Crippen molar-refractivity contribution in [3.8, 4) is 0 Å². The number of carbonyl (C=O) groups is 2. The molecular weight excluding hydrogens is 388 g/mol. The average molecular weight is 425 g/mol. The van der Waals surface area contributed by atoms with Crippen LogP contribution in [-0.4, -0.2) is 65.4 Å². The molecule has 168 valence electrons. The number of ketones is 1. The summed E-state index contributed by atoms with van der Waals surface area (Å²) in [6, 6.07) is 0.332. The number of ether oxygens (including phenoxy) is 1. The van der Waals surface area contributed by atoms with E-state index in [1.54, 1.807) is 0 Å². The Morgan fingerprint density at radius 3 is 2.84 bits per heavy atom. The summed E-state index contributed by atoms with van der Waals surface area (Å²) >= 11 is 0. The highest BCUT2D eigenvalue weighted by Gasteiger charge is 2.76. The molecule has 6 atom stereocenters. The van der Waals surface area contributed by atoms with Crippen LogP contribution in [0.3, 0.4) is 0 Å². The number of Topliss-reactive ketones (excluding diaryl/α,β-unsaturated/α-hetero) is 1. The maximum atomic E-state index is 12.4. The fourth-order valence-corrected chi connectivity index (χ4v) is 8.39. The Balaban J connectivity index is 1.50. The number of nitrogens with zero attached hydrogens (tertiary/aromatic N) is 2. The molecule has 1 spiro atoms. The number of hydrogen-bond donors (Lipinski definition) is 0. The summed E-state index contributed by atoms with van der Waals surface area (Å²) in [5.74, 6) is 0.731. The molecule has 6 aliphatic rings. The first-order chi connectivity index (χ1) is 15.1. The van der Waals surface area contributed by atoms with Crippen molar-refractivity contribution in [3.63, 3.8) is 0 Å². The van der Waals surface area contributed by atoms with Crippen molar-refractivity contribution in [3.05, 3.63) is 23.8 Å². The Bertz CT molecular complexity index is 837. The Labute approximate surface area is 185 Å². The molecule has 6 rings (SSSR count). The Kier molecular flexibility index (Phi) is 4.82. The van der Waals surface area contributed by atoms with E-state index < -0.39 is 0 Å². The average Bonchev–Trinajstić information content (AvgIpc) is 3.15. The third-order valence-corrected chi connectivity index (χ3v) is 9.34. The number of rotatable bonds is 1. The van der Waals surface area contributed by atoms with Gasteiger partial charge in [0.2, 0.25) is 0 Å². The van der Waals surface area contributed by atoms with Crippen molar-refractivity contribution >= 4 is 12.1 Å². The van der Waals surface area contributed by atoms with Gasteiger partial charge in [0, 0.05) is 31.3 Å². The fourth-order valence-electron chi connectivity index (χ4n) is 8.39. The van der Waals surface area contributed by atoms with E-state index in [1.807, 2.05) is 0 Å². The van der Waals surface area contributed by atoms with Crippen LogP contribution < -0.4 is 0 Å². The number of hydrogen-bond acceptors (Lipinski definition) is 5. The van der Waals surface area contributed by atoms with Crippen molar-refractivity contribution in [2.24, 2.45) is 11.3 Å². The lowest BCUT2D eigenvalue weighted by atomic mass is 9.54. The minimum absolute atomic E-state index is 0.0760. The second-order valence-electron chi connectivity index (χ2n) is 11.0. The second-order valence-corrected chi connectivity index (χ2v) is 11.0. The van der Waals surface area contributed by atoms with E-state index >= 15 is 0 Å². The zero-order valence-electron chi connectivity index (χ0n) is 18.7. The molecule has 0 saturated carbocycles. The van der Waals surface area contributed by atoms with Gasteiger partial charge in [-0.25, -0.2) is 0 Å². The summed E-state index contributed by atoms with van der Waals surface area (Å²) in [6.07, 6.45) is 18.8. The largest absolute Gasteiger partial charge is 0.348 e. The normalized spacial score (nSPS) is 48.5. The minimum Gasteiger partial charge on any atom is -0.348 e. The van der Waals surface area contributed by atoms with Crippen LogP contribution in [0.5, 0.6) is 0 Å². The Morgan fingerprint density at radius 1 is 1.03 bits per heavy atom. The van der Waals surface area contributed by atoms with E-state index in [1.165, 1.54) is 12.8 Å². The van der Waals surface area contributed by atoms with Gasteiger partial charge in [0.25, 0.3) is 0 Å². The van der Waals surface area contributed by atoms with Crippen molar-refractivity contribution in [1.29, 1.82) is 0 Å². The van der Waals surface area contributed by atoms with Gasteiger partial charge in [-0.15, -0.1) is 0 Å². The van der Waals surface area contributed by atoms with Crippen molar-refractivity contribution in [2.45, 2.75) is 88.0 Å². The summed E-state index contributed by atoms with van der Waals surface area (Å²) in [5, 5.41) is 0. The third-order valence-electron chi connectivity index (χ3n) is 9.34. The van der Waals surface area contributed by atoms with Crippen LogP contribution in [0.4, 0.5) is 0 Å². The van der Waals surface area contributed by atoms with Gasteiger partial charge in [-0.3, -0.25) is 14.5 Å². The van der Waals surface area contributed by atoms with E-state index in [2.05, 4.69) is 28.0 Å². The maximum absolute atomic E-state index is 12.4. The van der Waals surface area contributed by atoms with Gasteiger partial charge >= 0.3 is 0 Å². The molecule has 0 radical (unpaired) electrons. The SMILES string of the molecule is O=CC1=C[C@@]23CC/C=C\CCCCN4CC[C@@H]1[C@@]1(C4)C[C@@]4(CCC(=O)CCCN4[C@H]12)O3. The van der Waals surface area contributed by atoms with E-state index in [-0.39, 0.29) is 16.7 Å². The van der Waals surface area contributed by atoms with Crippen molar-refractivity contribution in [1.82, 2.24) is 9.80 Å². The van der Waals surface area contributed by atoms with E-state index in [0.29, 0.717) is 30.6 Å². The first-order valence-corrected chi connectivity index (χ1v) is 12.6. The molecule has 5 heterocycles. The number of allylic oxidation sites excluding steroid dienone is 3. The summed E-state index contributed by atoms with van der Waals surface area (Å²) in [4.78, 5) is 30.1. The molecule has 5 nitrogen and oxygen atoms in total. The van der Waals surface area contributed by atoms with Crippen LogP contribution in [0.2, 0.25) is 0 Å². The molecule has 0 N–H and O–H groups in total. The Hall–Kier alpha value is -1.30. The zero-order chi connectivity index (χ0) is 21.1. The standard InChI is InChI=1S/C26H36N2O3/c29-17-20-16-25-11-5-3-1-2-4-6-13-27-15-10-22(20)24(19-27)18-26(31-25)12-9-21(30)8-7-14-28(26)23(24)25/h1,3,16-17,22-23H,2,4-15,18-19H2/b3-1-/t22-,23+,24-,25-,26+/m0/s1. The molecule has 0 aromatic heterocycles. The molecule has 4 fully saturated rings. The summed E-state index contributed by atoms with van der Waals surface area (Å²) in [7, 11) is 0. The van der Waals surface area contributed by atoms with Crippen molar-refractivity contribution < 1.29 is 14.3 Å². The van der Waals surface area contributed by atoms with Crippen LogP contribution in [0.25, 0.3) is 0 Å². The lowest BCUT2D eigenvalue weighted by Gasteiger charge is -2.59. The second kappa shape index (κ2) is 7.36. The highest BCUT2D eigenvalue weighted by Crippen LogP contribution is 2.69. The molecule has 1 aliphatic carbocycles. The summed E-state index contributed by atoms with van der Waals surface area (Å²) in [6.45, 7) is 4.29. The van der Waals surface area contributed by atoms with Crippen molar-refractivity contribution in [2.75, 3.05) is 26.2 Å². The quantitative estimate of drug-likeness (QED) is 0.475. The number of fused-ring (bicyclic) bond motifs is 1. The predicted octanol–water partition coefficient (Wildman–Crippen LogP) is 3.64. The first kappa shape index (κ1) is 20.3. The molecule has 1 unspecified atom stereocenters. The minimum atomic E-state index is -0.389. The molecule has 0 amide bonds. The summed E-state index contributed by atoms with van der Waals surface area (Å²) in [5.41, 5.74) is 0.361. The molecule has 31 heavy (non-hydrogen) atoms. The number of carbonyl (C=O) groups excluding carboxylic acids is 2. The Morgan fingerprint density at radius 2 is 1.94 bits per heavy atom. The lowest BCUT2D eigenvalue weighted by Crippen LogP contribution is -2.65. The van der Waals surface area contributed by atoms with E-state index in [9.17, 15) is 9.59 Å². The van der Waals surface area contributed by atoms with E-state index in [4.69, 9.17) is 4.74 Å². The van der Waals surface area contributed by atoms with Crippen LogP contribution in [-0.2, 0) is 14.3 Å². The molecule has 4 saturated heterocycles. The molecule has 5 aliphatic heterocycles. The highest BCUT2D eigenvalue weighted by atomic mass is 16.6. The van der Waals surface area contributed by atoms with Crippen LogP contribution in [0.15, 0.2) is 23.8 Å². The maximum Gasteiger partial charge on any atom is 0.146 e. The van der Waals surface area contributed by atoms with Crippen LogP contribution in [0.1, 0.15) is 70.6 Å². The smallest absolute Gasteiger partial charge is 0.146 e. The van der Waals surface area contributed by atoms with Gasteiger partial charge in [-0.2, -0.15) is 0 Å². The zero-order valence-corrected chi connectivity index (χ0v) is 18.7. The molecule has 0 aromatic carbocycles. The monoisotopic (exact) mass is 424 g/mol. The third kappa shape index (κ3) is 2.92. The summed E-state index contributed by atoms with van der Waals surface area (Å²) < 4.78 is 7.12. The van der Waals surface area contributed by atoms with Crippen LogP contribution >= 0.6 is 0 Å². The highest BCUT2D eigenvalue weighted by molar-refractivity contribution is 5.79. The number of piperidine rings is 1. The van der Waals surface area contributed by atoms with Gasteiger partial charge in [0.05, 0.1) is 6.04 Å². The van der Waals surface area contributed by atoms with Gasteiger partial charge in [-0.1, -0.05) is 12.2 Å². The van der Waals surface area contributed by atoms with Gasteiger partial charge in [-0.05, 0) is 88.4 Å². The fraction of sp³-hybridized carbons (Fsp3) is 0.769. The van der Waals surface area contributed by atoms with Gasteiger partial charge < -0.3 is 9.64 Å². The van der Waals surface area contributed by atoms with Gasteiger partial charge in [0.1, 0.15) is 23.4 Å². The molecule has 5 bridgehead atoms. The van der Waals surface area contributed by atoms with Crippen LogP contribution in [0, 0.1) is 11.3 Å². The molecular formula is C26H36N2O3. The number of aldehydes is 1. The predicted molar refractivity (Wildman–Crippen MR) is 118 cm³/mol. The molecule has 0 aromatic rings. The lowest BCUT2D eigenvalue weighted by molar-refractivity contribution is -0.184. The van der Waals surface area contributed by atoms with E-state index in [0.717, 1.165) is 83.0 Å².